The minimum Gasteiger partial charge on any atom is -0.389 e. The Bertz CT molecular complexity index is 686. The van der Waals surface area contributed by atoms with Crippen LogP contribution in [0.3, 0.4) is 0 Å². The van der Waals surface area contributed by atoms with Gasteiger partial charge in [0.15, 0.2) is 11.5 Å². The van der Waals surface area contributed by atoms with Gasteiger partial charge in [0.25, 0.3) is 0 Å². The van der Waals surface area contributed by atoms with E-state index < -0.39 is 0 Å². The van der Waals surface area contributed by atoms with E-state index in [4.69, 9.17) is 33.8 Å². The van der Waals surface area contributed by atoms with Gasteiger partial charge in [-0.25, -0.2) is 4.63 Å². The van der Waals surface area contributed by atoms with Gasteiger partial charge in [-0.15, -0.1) is 0 Å². The third kappa shape index (κ3) is 4.27. The summed E-state index contributed by atoms with van der Waals surface area (Å²) < 4.78 is 4.64. The lowest BCUT2D eigenvalue weighted by Gasteiger charge is -2.20. The summed E-state index contributed by atoms with van der Waals surface area (Å²) in [5.41, 5.74) is 6.86. The minimum absolute atomic E-state index is 0.156. The van der Waals surface area contributed by atoms with Crippen molar-refractivity contribution < 1.29 is 9.47 Å². The largest absolute Gasteiger partial charge is 0.389 e. The number of rotatable bonds is 6. The maximum atomic E-state index is 6.11. The normalized spacial score (nSPS) is 11.6. The molecule has 0 unspecified atom stereocenters. The van der Waals surface area contributed by atoms with Crippen molar-refractivity contribution in [2.24, 2.45) is 5.16 Å². The molecule has 2 rings (SSSR count). The topological polar surface area (TPSA) is 89.8 Å². The Morgan fingerprint density at radius 1 is 1.30 bits per heavy atom. The van der Waals surface area contributed by atoms with Gasteiger partial charge in [-0.3, -0.25) is 0 Å². The fraction of sp³-hybridized carbons (Fsp3) is 0.357. The molecule has 1 heterocycles. The first kappa shape index (κ1) is 17.4. The second-order valence-corrected chi connectivity index (χ2v) is 5.44. The van der Waals surface area contributed by atoms with E-state index in [1.165, 1.54) is 0 Å². The maximum Gasteiger partial charge on any atom is 0.201 e. The van der Waals surface area contributed by atoms with E-state index in [0.29, 0.717) is 34.7 Å². The second kappa shape index (κ2) is 8.03. The summed E-state index contributed by atoms with van der Waals surface area (Å²) in [5.74, 6) is 0.614. The first-order valence-electron chi connectivity index (χ1n) is 7.04. The summed E-state index contributed by atoms with van der Waals surface area (Å²) in [6.07, 6.45) is 0. The van der Waals surface area contributed by atoms with Crippen LogP contribution in [-0.4, -0.2) is 34.1 Å². The van der Waals surface area contributed by atoms with Gasteiger partial charge in [0, 0.05) is 28.7 Å². The molecule has 1 aromatic carbocycles. The van der Waals surface area contributed by atoms with Crippen LogP contribution in [0.4, 0.5) is 5.82 Å². The molecule has 7 nitrogen and oxygen atoms in total. The van der Waals surface area contributed by atoms with Crippen LogP contribution in [0.5, 0.6) is 0 Å². The highest BCUT2D eigenvalue weighted by Gasteiger charge is 2.20. The average molecular weight is 358 g/mol. The summed E-state index contributed by atoms with van der Waals surface area (Å²) in [6.45, 7) is 5.56. The van der Waals surface area contributed by atoms with Crippen LogP contribution in [-0.2, 0) is 11.4 Å². The van der Waals surface area contributed by atoms with E-state index in [-0.39, 0.29) is 12.4 Å². The molecule has 0 bridgehead atoms. The molecule has 124 valence electrons. The van der Waals surface area contributed by atoms with E-state index >= 15 is 0 Å². The van der Waals surface area contributed by atoms with E-state index in [0.717, 1.165) is 5.56 Å². The van der Waals surface area contributed by atoms with Gasteiger partial charge in [-0.05, 0) is 36.3 Å². The van der Waals surface area contributed by atoms with Crippen LogP contribution in [0.25, 0.3) is 0 Å². The molecular weight excluding hydrogens is 341 g/mol. The zero-order chi connectivity index (χ0) is 16.8. The maximum absolute atomic E-state index is 6.11. The Balaban J connectivity index is 2.19. The molecule has 0 amide bonds. The number of nitrogens with zero attached hydrogens (tertiary/aromatic N) is 4. The third-order valence-electron chi connectivity index (χ3n) is 3.17. The van der Waals surface area contributed by atoms with E-state index in [1.807, 2.05) is 18.7 Å². The number of oxime groups is 1. The van der Waals surface area contributed by atoms with E-state index in [2.05, 4.69) is 20.1 Å². The standard InChI is InChI=1S/C14H17Cl2N5O2/c1-3-21(4-2)14(12-13(17)19-23-18-12)20-22-8-9-5-6-10(15)7-11(9)16/h5-7H,3-4,8H2,1-2H3,(H2,17,19)/b20-14-. The molecule has 2 N–H and O–H groups in total. The number of amidine groups is 1. The van der Waals surface area contributed by atoms with Crippen molar-refractivity contribution in [2.75, 3.05) is 18.8 Å². The molecule has 0 aliphatic carbocycles. The Morgan fingerprint density at radius 2 is 2.04 bits per heavy atom. The van der Waals surface area contributed by atoms with Gasteiger partial charge in [0.1, 0.15) is 6.61 Å². The van der Waals surface area contributed by atoms with Gasteiger partial charge < -0.3 is 15.5 Å². The molecular formula is C14H17Cl2N5O2. The van der Waals surface area contributed by atoms with Crippen LogP contribution in [0.15, 0.2) is 28.0 Å². The fourth-order valence-corrected chi connectivity index (χ4v) is 2.39. The average Bonchev–Trinajstić information content (AvgIpc) is 2.94. The Kier molecular flexibility index (Phi) is 6.06. The third-order valence-corrected chi connectivity index (χ3v) is 3.76. The van der Waals surface area contributed by atoms with Crippen LogP contribution < -0.4 is 5.73 Å². The Morgan fingerprint density at radius 3 is 2.61 bits per heavy atom. The number of aromatic nitrogens is 2. The van der Waals surface area contributed by atoms with Gasteiger partial charge in [-0.2, -0.15) is 0 Å². The molecule has 0 atom stereocenters. The predicted octanol–water partition coefficient (Wildman–Crippen LogP) is 3.18. The Hall–Kier alpha value is -1.99. The van der Waals surface area contributed by atoms with E-state index in [9.17, 15) is 0 Å². The van der Waals surface area contributed by atoms with Gasteiger partial charge in [0.2, 0.25) is 5.84 Å². The highest BCUT2D eigenvalue weighted by Crippen LogP contribution is 2.21. The van der Waals surface area contributed by atoms with Gasteiger partial charge >= 0.3 is 0 Å². The summed E-state index contributed by atoms with van der Waals surface area (Å²) >= 11 is 12.0. The van der Waals surface area contributed by atoms with Crippen LogP contribution in [0.1, 0.15) is 25.1 Å². The van der Waals surface area contributed by atoms with Crippen LogP contribution in [0, 0.1) is 0 Å². The zero-order valence-corrected chi connectivity index (χ0v) is 14.3. The predicted molar refractivity (Wildman–Crippen MR) is 89.4 cm³/mol. The van der Waals surface area contributed by atoms with Crippen molar-refractivity contribution in [1.29, 1.82) is 0 Å². The van der Waals surface area contributed by atoms with Crippen molar-refractivity contribution in [1.82, 2.24) is 15.2 Å². The molecule has 2 aromatic rings. The van der Waals surface area contributed by atoms with Crippen LogP contribution >= 0.6 is 23.2 Å². The first-order chi connectivity index (χ1) is 11.1. The second-order valence-electron chi connectivity index (χ2n) is 4.59. The van der Waals surface area contributed by atoms with Crippen molar-refractivity contribution >= 4 is 34.9 Å². The highest BCUT2D eigenvalue weighted by molar-refractivity contribution is 6.35. The quantitative estimate of drug-likeness (QED) is 0.485. The molecule has 23 heavy (non-hydrogen) atoms. The zero-order valence-electron chi connectivity index (χ0n) is 12.8. The SMILES string of the molecule is CCN(CC)/C(=N\OCc1ccc(Cl)cc1Cl)c1nonc1N. The van der Waals surface area contributed by atoms with Crippen molar-refractivity contribution in [3.63, 3.8) is 0 Å². The van der Waals surface area contributed by atoms with Crippen molar-refractivity contribution in [3.05, 3.63) is 39.5 Å². The number of nitrogens with two attached hydrogens (primary N) is 1. The number of nitrogen functional groups attached to an aromatic ring is 1. The lowest BCUT2D eigenvalue weighted by atomic mass is 10.2. The molecule has 0 fully saturated rings. The number of anilines is 1. The molecule has 0 saturated carbocycles. The fourth-order valence-electron chi connectivity index (χ4n) is 1.93. The van der Waals surface area contributed by atoms with Gasteiger partial charge in [0.05, 0.1) is 0 Å². The highest BCUT2D eigenvalue weighted by atomic mass is 35.5. The molecule has 0 aliphatic heterocycles. The Labute approximate surface area is 143 Å². The van der Waals surface area contributed by atoms with Crippen molar-refractivity contribution in [3.8, 4) is 0 Å². The number of hydrogen-bond donors (Lipinski definition) is 1. The smallest absolute Gasteiger partial charge is 0.201 e. The minimum atomic E-state index is 0.156. The molecule has 1 aromatic heterocycles. The first-order valence-corrected chi connectivity index (χ1v) is 7.79. The molecule has 0 saturated heterocycles. The molecule has 0 spiro atoms. The number of hydrogen-bond acceptors (Lipinski definition) is 6. The van der Waals surface area contributed by atoms with Gasteiger partial charge in [-0.1, -0.05) is 34.4 Å². The number of halogens is 2. The van der Waals surface area contributed by atoms with Crippen molar-refractivity contribution in [2.45, 2.75) is 20.5 Å². The molecule has 0 radical (unpaired) electrons. The molecule has 9 heteroatoms. The summed E-state index contributed by atoms with van der Waals surface area (Å²) in [6, 6.07) is 5.17. The van der Waals surface area contributed by atoms with Crippen LogP contribution in [0.2, 0.25) is 10.0 Å². The summed E-state index contributed by atoms with van der Waals surface area (Å²) in [5, 5.41) is 12.6. The summed E-state index contributed by atoms with van der Waals surface area (Å²) in [7, 11) is 0. The lowest BCUT2D eigenvalue weighted by Crippen LogP contribution is -2.32. The molecule has 0 aliphatic rings. The monoisotopic (exact) mass is 357 g/mol. The number of benzene rings is 1. The lowest BCUT2D eigenvalue weighted by molar-refractivity contribution is 0.126. The summed E-state index contributed by atoms with van der Waals surface area (Å²) in [4.78, 5) is 7.35. The van der Waals surface area contributed by atoms with E-state index in [1.54, 1.807) is 18.2 Å².